The molecule has 2 N–H and O–H groups in total. The normalized spacial score (nSPS) is 9.11. The van der Waals surface area contributed by atoms with Crippen molar-refractivity contribution in [1.29, 1.82) is 0 Å². The fourth-order valence-electron chi connectivity index (χ4n) is 0. The molecule has 0 aromatic rings. The second kappa shape index (κ2) is 4.30. The van der Waals surface area contributed by atoms with Crippen LogP contribution >= 0.6 is 10.7 Å². The molecule has 0 radical (unpaired) electrons. The summed E-state index contributed by atoms with van der Waals surface area (Å²) in [5, 5.41) is 13.6. The molecule has 0 saturated carbocycles. The molecule has 9 heteroatoms. The van der Waals surface area contributed by atoms with Crippen LogP contribution in [0.3, 0.4) is 0 Å². The lowest BCUT2D eigenvalue weighted by molar-refractivity contribution is -0.742. The lowest BCUT2D eigenvalue weighted by Gasteiger charge is -1.65. The summed E-state index contributed by atoms with van der Waals surface area (Å²) in [6, 6.07) is 0. The van der Waals surface area contributed by atoms with E-state index in [0.717, 1.165) is 0 Å². The van der Waals surface area contributed by atoms with E-state index in [1.807, 2.05) is 0 Å². The number of nitrogens with zero attached hydrogens (tertiary/aromatic N) is 1. The van der Waals surface area contributed by atoms with E-state index in [0.29, 0.717) is 0 Å². The fourth-order valence-corrected chi connectivity index (χ4v) is 0. The highest BCUT2D eigenvalue weighted by Crippen LogP contribution is 1.82. The van der Waals surface area contributed by atoms with Crippen LogP contribution in [0.2, 0.25) is 0 Å². The SMILES string of the molecule is O=S(=O)(O)Cl.O=[N+]([O-])O. The van der Waals surface area contributed by atoms with Crippen LogP contribution in [-0.2, 0) is 9.33 Å². The van der Waals surface area contributed by atoms with E-state index in [1.54, 1.807) is 0 Å². The van der Waals surface area contributed by atoms with Gasteiger partial charge >= 0.3 is 9.33 Å². The monoisotopic (exact) mass is 179 g/mol. The van der Waals surface area contributed by atoms with Gasteiger partial charge in [-0.3, -0.25) is 4.55 Å². The van der Waals surface area contributed by atoms with E-state index in [1.165, 1.54) is 0 Å². The molecular weight excluding hydrogens is 178 g/mol. The summed E-state index contributed by atoms with van der Waals surface area (Å²) in [7, 11) is -0.137. The molecule has 7 nitrogen and oxygen atoms in total. The molecule has 0 rings (SSSR count). The maximum Gasteiger partial charge on any atom is 0.353 e. The molecule has 0 aromatic heterocycles. The number of hydrogen-bond acceptors (Lipinski definition) is 4. The van der Waals surface area contributed by atoms with E-state index in [2.05, 4.69) is 10.7 Å². The van der Waals surface area contributed by atoms with Crippen LogP contribution in [0, 0.1) is 10.1 Å². The van der Waals surface area contributed by atoms with Crippen molar-refractivity contribution in [2.45, 2.75) is 0 Å². The van der Waals surface area contributed by atoms with Crippen molar-refractivity contribution < 1.29 is 23.3 Å². The van der Waals surface area contributed by atoms with Crippen LogP contribution < -0.4 is 0 Å². The Kier molecular flexibility index (Phi) is 5.36. The predicted octanol–water partition coefficient (Wildman–Crippen LogP) is -0.320. The first-order chi connectivity index (χ1) is 3.73. The first-order valence-electron chi connectivity index (χ1n) is 1.24. The minimum absolute atomic E-state index is 1.50. The third kappa shape index (κ3) is 599. The Morgan fingerprint density at radius 3 is 1.56 bits per heavy atom. The van der Waals surface area contributed by atoms with Gasteiger partial charge in [-0.25, -0.2) is 0 Å². The molecule has 0 spiro atoms. The molecule has 56 valence electrons. The maximum absolute atomic E-state index is 8.95. The van der Waals surface area contributed by atoms with E-state index >= 15 is 0 Å². The van der Waals surface area contributed by atoms with Crippen molar-refractivity contribution in [3.05, 3.63) is 10.1 Å². The molecule has 9 heavy (non-hydrogen) atoms. The summed E-state index contributed by atoms with van der Waals surface area (Å²) in [6.45, 7) is 0. The van der Waals surface area contributed by atoms with Crippen LogP contribution in [0.25, 0.3) is 0 Å². The summed E-state index contributed by atoms with van der Waals surface area (Å²) < 4.78 is 25.2. The van der Waals surface area contributed by atoms with Gasteiger partial charge in [-0.2, -0.15) is 8.42 Å². The zero-order valence-electron chi connectivity index (χ0n) is 3.76. The number of rotatable bonds is 0. The van der Waals surface area contributed by atoms with Crippen LogP contribution in [0.15, 0.2) is 0 Å². The molecule has 0 fully saturated rings. The van der Waals surface area contributed by atoms with Crippen molar-refractivity contribution in [1.82, 2.24) is 0 Å². The quantitative estimate of drug-likeness (QED) is 0.228. The van der Waals surface area contributed by atoms with Crippen molar-refractivity contribution in [2.24, 2.45) is 0 Å². The molecule has 0 unspecified atom stereocenters. The summed E-state index contributed by atoms with van der Waals surface area (Å²) in [5.74, 6) is 0. The standard InChI is InChI=1S/ClHO3S.HNO3/c1-5(2,3)4;2-1(3)4/h(H,2,3,4);(H,2,3,4). The molecule has 0 saturated heterocycles. The average Bonchev–Trinajstić information content (AvgIpc) is 1.19. The highest BCUT2D eigenvalue weighted by atomic mass is 35.7. The molecular formula is H2ClNO6S. The summed E-state index contributed by atoms with van der Waals surface area (Å²) in [4.78, 5) is 8.36. The van der Waals surface area contributed by atoms with Crippen molar-refractivity contribution in [3.8, 4) is 0 Å². The minimum atomic E-state index is -4.19. The van der Waals surface area contributed by atoms with Gasteiger partial charge in [0.2, 0.25) is 0 Å². The average molecular weight is 180 g/mol. The lowest BCUT2D eigenvalue weighted by atomic mass is 13.1. The maximum atomic E-state index is 8.95. The Morgan fingerprint density at radius 1 is 1.56 bits per heavy atom. The minimum Gasteiger partial charge on any atom is -0.328 e. The summed E-state index contributed by atoms with van der Waals surface area (Å²) in [6.07, 6.45) is 0. The van der Waals surface area contributed by atoms with Gasteiger partial charge in [0.1, 0.15) is 0 Å². The largest absolute Gasteiger partial charge is 0.353 e. The van der Waals surface area contributed by atoms with Gasteiger partial charge in [0, 0.05) is 10.7 Å². The van der Waals surface area contributed by atoms with Crippen molar-refractivity contribution >= 4 is 20.0 Å². The Morgan fingerprint density at radius 2 is 1.56 bits per heavy atom. The third-order valence-corrected chi connectivity index (χ3v) is 0. The third-order valence-electron chi connectivity index (χ3n) is 0. The van der Waals surface area contributed by atoms with Gasteiger partial charge in [-0.1, -0.05) is 0 Å². The van der Waals surface area contributed by atoms with Gasteiger partial charge < -0.3 is 5.21 Å². The highest BCUT2D eigenvalue weighted by Gasteiger charge is 1.86. The van der Waals surface area contributed by atoms with Gasteiger partial charge in [-0.05, 0) is 0 Å². The smallest absolute Gasteiger partial charge is 0.328 e. The van der Waals surface area contributed by atoms with Crippen LogP contribution in [0.5, 0.6) is 0 Å². The van der Waals surface area contributed by atoms with Crippen LogP contribution in [0.1, 0.15) is 0 Å². The molecule has 0 aromatic carbocycles. The Hall–Kier alpha value is -0.600. The fraction of sp³-hybridized carbons (Fsp3) is 0. The first kappa shape index (κ1) is 11.2. The van der Waals surface area contributed by atoms with Gasteiger partial charge in [0.25, 0.3) is 5.09 Å². The molecule has 0 amide bonds. The van der Waals surface area contributed by atoms with E-state index in [9.17, 15) is 0 Å². The second-order valence-electron chi connectivity index (χ2n) is 0.650. The Labute approximate surface area is 54.2 Å². The van der Waals surface area contributed by atoms with Gasteiger partial charge in [0.15, 0.2) is 0 Å². The zero-order chi connectivity index (χ0) is 8.08. The van der Waals surface area contributed by atoms with Crippen molar-refractivity contribution in [3.63, 3.8) is 0 Å². The predicted molar refractivity (Wildman–Crippen MR) is 26.2 cm³/mol. The van der Waals surface area contributed by atoms with E-state index in [4.69, 9.17) is 28.3 Å². The summed E-state index contributed by atoms with van der Waals surface area (Å²) in [5.41, 5.74) is 0. The molecule has 0 aliphatic heterocycles. The van der Waals surface area contributed by atoms with E-state index < -0.39 is 14.4 Å². The molecule has 0 aliphatic rings. The molecule has 0 bridgehead atoms. The number of hydrogen-bond donors (Lipinski definition) is 2. The van der Waals surface area contributed by atoms with Crippen LogP contribution in [0.4, 0.5) is 0 Å². The molecule has 0 atom stereocenters. The zero-order valence-corrected chi connectivity index (χ0v) is 5.33. The van der Waals surface area contributed by atoms with Gasteiger partial charge in [0.05, 0.1) is 0 Å². The topological polar surface area (TPSA) is 118 Å². The van der Waals surface area contributed by atoms with Crippen LogP contribution in [-0.4, -0.2) is 23.3 Å². The summed E-state index contributed by atoms with van der Waals surface area (Å²) >= 11 is 0. The molecule has 0 heterocycles. The lowest BCUT2D eigenvalue weighted by Crippen LogP contribution is -1.81. The van der Waals surface area contributed by atoms with Gasteiger partial charge in [-0.15, -0.1) is 10.1 Å². The van der Waals surface area contributed by atoms with E-state index in [-0.39, 0.29) is 0 Å². The first-order valence-corrected chi connectivity index (χ1v) is 3.50. The second-order valence-corrected chi connectivity index (χ2v) is 2.64. The Balaban J connectivity index is 0. The highest BCUT2D eigenvalue weighted by molar-refractivity contribution is 8.09. The molecule has 0 aliphatic carbocycles. The Bertz CT molecular complexity index is 155. The number of halogens is 1. The van der Waals surface area contributed by atoms with Crippen molar-refractivity contribution in [2.75, 3.05) is 0 Å².